The van der Waals surface area contributed by atoms with Gasteiger partial charge in [0.05, 0.1) is 7.11 Å². The van der Waals surface area contributed by atoms with Crippen LogP contribution < -0.4 is 4.74 Å². The Labute approximate surface area is 135 Å². The standard InChI is InChI=1S/C19H20N2O2/c1-3-21(13-14-7-5-4-6-8-14)19(22)18-12-15-11-16(23-2)9-10-17(15)20-18/h4-12,20H,3,13H2,1-2H3. The van der Waals surface area contributed by atoms with Gasteiger partial charge in [0, 0.05) is 24.0 Å². The molecule has 0 radical (unpaired) electrons. The van der Waals surface area contributed by atoms with Crippen LogP contribution >= 0.6 is 0 Å². The fourth-order valence-electron chi connectivity index (χ4n) is 2.65. The van der Waals surface area contributed by atoms with Crippen molar-refractivity contribution >= 4 is 16.8 Å². The molecule has 118 valence electrons. The second kappa shape index (κ2) is 6.57. The average Bonchev–Trinajstić information content (AvgIpc) is 3.03. The molecule has 0 saturated carbocycles. The smallest absolute Gasteiger partial charge is 0.270 e. The fraction of sp³-hybridized carbons (Fsp3) is 0.211. The van der Waals surface area contributed by atoms with Gasteiger partial charge in [-0.3, -0.25) is 4.79 Å². The summed E-state index contributed by atoms with van der Waals surface area (Å²) in [6.45, 7) is 3.26. The highest BCUT2D eigenvalue weighted by Crippen LogP contribution is 2.22. The highest BCUT2D eigenvalue weighted by Gasteiger charge is 2.17. The van der Waals surface area contributed by atoms with Crippen LogP contribution in [0.3, 0.4) is 0 Å². The lowest BCUT2D eigenvalue weighted by Crippen LogP contribution is -2.30. The van der Waals surface area contributed by atoms with E-state index in [1.165, 1.54) is 0 Å². The molecule has 2 aromatic carbocycles. The molecular weight excluding hydrogens is 288 g/mol. The Kier molecular flexibility index (Phi) is 4.33. The summed E-state index contributed by atoms with van der Waals surface area (Å²) >= 11 is 0. The van der Waals surface area contributed by atoms with Crippen LogP contribution in [0.4, 0.5) is 0 Å². The monoisotopic (exact) mass is 308 g/mol. The van der Waals surface area contributed by atoms with Gasteiger partial charge < -0.3 is 14.6 Å². The minimum Gasteiger partial charge on any atom is -0.497 e. The van der Waals surface area contributed by atoms with Gasteiger partial charge in [-0.1, -0.05) is 30.3 Å². The number of nitrogens with one attached hydrogen (secondary N) is 1. The molecule has 0 atom stereocenters. The van der Waals surface area contributed by atoms with Crippen molar-refractivity contribution in [3.8, 4) is 5.75 Å². The predicted octanol–water partition coefficient (Wildman–Crippen LogP) is 3.84. The van der Waals surface area contributed by atoms with E-state index in [-0.39, 0.29) is 5.91 Å². The predicted molar refractivity (Wildman–Crippen MR) is 91.7 cm³/mol. The van der Waals surface area contributed by atoms with Crippen LogP contribution in [0.2, 0.25) is 0 Å². The van der Waals surface area contributed by atoms with Gasteiger partial charge in [-0.25, -0.2) is 0 Å². The molecule has 3 aromatic rings. The normalized spacial score (nSPS) is 10.7. The van der Waals surface area contributed by atoms with E-state index in [0.717, 1.165) is 22.2 Å². The Balaban J connectivity index is 1.85. The first-order chi connectivity index (χ1) is 11.2. The molecule has 3 rings (SSSR count). The third-order valence-corrected chi connectivity index (χ3v) is 3.94. The van der Waals surface area contributed by atoms with Crippen molar-refractivity contribution in [3.63, 3.8) is 0 Å². The maximum absolute atomic E-state index is 12.8. The number of rotatable bonds is 5. The number of hydrogen-bond donors (Lipinski definition) is 1. The number of H-pyrrole nitrogens is 1. The van der Waals surface area contributed by atoms with Crippen molar-refractivity contribution < 1.29 is 9.53 Å². The maximum Gasteiger partial charge on any atom is 0.270 e. The van der Waals surface area contributed by atoms with Crippen LogP contribution in [-0.2, 0) is 6.54 Å². The van der Waals surface area contributed by atoms with E-state index in [1.54, 1.807) is 7.11 Å². The van der Waals surface area contributed by atoms with Crippen molar-refractivity contribution in [2.24, 2.45) is 0 Å². The Morgan fingerprint density at radius 1 is 1.13 bits per heavy atom. The van der Waals surface area contributed by atoms with Crippen molar-refractivity contribution in [1.82, 2.24) is 9.88 Å². The molecule has 1 heterocycles. The number of carbonyl (C=O) groups is 1. The summed E-state index contributed by atoms with van der Waals surface area (Å²) in [6, 6.07) is 17.6. The summed E-state index contributed by atoms with van der Waals surface area (Å²) in [7, 11) is 1.64. The summed E-state index contributed by atoms with van der Waals surface area (Å²) in [5.74, 6) is 0.790. The molecule has 0 aliphatic carbocycles. The molecule has 0 aliphatic heterocycles. The maximum atomic E-state index is 12.8. The lowest BCUT2D eigenvalue weighted by atomic mass is 10.2. The number of nitrogens with zero attached hydrogens (tertiary/aromatic N) is 1. The van der Waals surface area contributed by atoms with Gasteiger partial charge in [0.25, 0.3) is 5.91 Å². The Morgan fingerprint density at radius 2 is 1.91 bits per heavy atom. The molecule has 0 spiro atoms. The van der Waals surface area contributed by atoms with Gasteiger partial charge in [0.2, 0.25) is 0 Å². The summed E-state index contributed by atoms with van der Waals surface area (Å²) in [6.07, 6.45) is 0. The Hall–Kier alpha value is -2.75. The highest BCUT2D eigenvalue weighted by atomic mass is 16.5. The second-order valence-electron chi connectivity index (χ2n) is 5.44. The van der Waals surface area contributed by atoms with Crippen LogP contribution in [0.5, 0.6) is 5.75 Å². The number of amides is 1. The number of aromatic amines is 1. The fourth-order valence-corrected chi connectivity index (χ4v) is 2.65. The van der Waals surface area contributed by atoms with E-state index >= 15 is 0 Å². The minimum absolute atomic E-state index is 0.00604. The summed E-state index contributed by atoms with van der Waals surface area (Å²) in [5.41, 5.74) is 2.66. The van der Waals surface area contributed by atoms with Crippen LogP contribution in [-0.4, -0.2) is 29.4 Å². The van der Waals surface area contributed by atoms with E-state index in [4.69, 9.17) is 4.74 Å². The third kappa shape index (κ3) is 3.21. The molecule has 4 nitrogen and oxygen atoms in total. The molecular formula is C19H20N2O2. The van der Waals surface area contributed by atoms with Crippen LogP contribution in [0.25, 0.3) is 10.9 Å². The van der Waals surface area contributed by atoms with Crippen LogP contribution in [0.1, 0.15) is 23.0 Å². The first-order valence-electron chi connectivity index (χ1n) is 7.71. The summed E-state index contributed by atoms with van der Waals surface area (Å²) in [4.78, 5) is 17.8. The third-order valence-electron chi connectivity index (χ3n) is 3.94. The minimum atomic E-state index is 0.00604. The van der Waals surface area contributed by atoms with Gasteiger partial charge in [0.15, 0.2) is 0 Å². The molecule has 1 N–H and O–H groups in total. The average molecular weight is 308 g/mol. The van der Waals surface area contributed by atoms with Crippen molar-refractivity contribution in [1.29, 1.82) is 0 Å². The van der Waals surface area contributed by atoms with Crippen LogP contribution in [0, 0.1) is 0 Å². The van der Waals surface area contributed by atoms with E-state index in [1.807, 2.05) is 66.4 Å². The topological polar surface area (TPSA) is 45.3 Å². The molecule has 1 aromatic heterocycles. The zero-order valence-electron chi connectivity index (χ0n) is 13.4. The van der Waals surface area contributed by atoms with E-state index < -0.39 is 0 Å². The van der Waals surface area contributed by atoms with Gasteiger partial charge in [0.1, 0.15) is 11.4 Å². The second-order valence-corrected chi connectivity index (χ2v) is 5.44. The molecule has 0 fully saturated rings. The number of benzene rings is 2. The number of fused-ring (bicyclic) bond motifs is 1. The molecule has 1 amide bonds. The largest absolute Gasteiger partial charge is 0.497 e. The van der Waals surface area contributed by atoms with Crippen LogP contribution in [0.15, 0.2) is 54.6 Å². The van der Waals surface area contributed by atoms with Crippen molar-refractivity contribution in [3.05, 3.63) is 65.9 Å². The van der Waals surface area contributed by atoms with Crippen molar-refractivity contribution in [2.75, 3.05) is 13.7 Å². The molecule has 0 unspecified atom stereocenters. The summed E-state index contributed by atoms with van der Waals surface area (Å²) < 4.78 is 5.23. The quantitative estimate of drug-likeness (QED) is 0.778. The Bertz CT molecular complexity index is 809. The zero-order chi connectivity index (χ0) is 16.2. The number of carbonyl (C=O) groups excluding carboxylic acids is 1. The first kappa shape index (κ1) is 15.2. The molecule has 4 heteroatoms. The number of methoxy groups -OCH3 is 1. The molecule has 23 heavy (non-hydrogen) atoms. The zero-order valence-corrected chi connectivity index (χ0v) is 13.4. The van der Waals surface area contributed by atoms with E-state index in [2.05, 4.69) is 4.98 Å². The Morgan fingerprint density at radius 3 is 2.61 bits per heavy atom. The lowest BCUT2D eigenvalue weighted by molar-refractivity contribution is 0.0747. The van der Waals surface area contributed by atoms with E-state index in [9.17, 15) is 4.79 Å². The SMILES string of the molecule is CCN(Cc1ccccc1)C(=O)c1cc2cc(OC)ccc2[nH]1. The number of hydrogen-bond acceptors (Lipinski definition) is 2. The van der Waals surface area contributed by atoms with Gasteiger partial charge in [-0.15, -0.1) is 0 Å². The molecule has 0 saturated heterocycles. The van der Waals surface area contributed by atoms with Gasteiger partial charge >= 0.3 is 0 Å². The summed E-state index contributed by atoms with van der Waals surface area (Å²) in [5, 5.41) is 0.975. The molecule has 0 bridgehead atoms. The lowest BCUT2D eigenvalue weighted by Gasteiger charge is -2.20. The number of ether oxygens (including phenoxy) is 1. The highest BCUT2D eigenvalue weighted by molar-refractivity contribution is 5.98. The van der Waals surface area contributed by atoms with Crippen molar-refractivity contribution in [2.45, 2.75) is 13.5 Å². The van der Waals surface area contributed by atoms with Gasteiger partial charge in [-0.2, -0.15) is 0 Å². The number of aromatic nitrogens is 1. The van der Waals surface area contributed by atoms with Gasteiger partial charge in [-0.05, 0) is 36.8 Å². The molecule has 0 aliphatic rings. The van der Waals surface area contributed by atoms with E-state index in [0.29, 0.717) is 18.8 Å². The first-order valence-corrected chi connectivity index (χ1v) is 7.71.